The molecule has 1 fully saturated rings. The fourth-order valence-electron chi connectivity index (χ4n) is 2.88. The van der Waals surface area contributed by atoms with E-state index in [1.165, 1.54) is 50.2 Å². The Balaban J connectivity index is 1.70. The second-order valence-electron chi connectivity index (χ2n) is 6.00. The van der Waals surface area contributed by atoms with Crippen LogP contribution in [0.2, 0.25) is 0 Å². The number of nitrogens with one attached hydrogen (secondary N) is 1. The highest BCUT2D eigenvalue weighted by Crippen LogP contribution is 2.18. The van der Waals surface area contributed by atoms with Crippen LogP contribution >= 0.6 is 11.3 Å². The van der Waals surface area contributed by atoms with Crippen LogP contribution in [0.1, 0.15) is 44.4 Å². The molecule has 1 aromatic rings. The maximum absolute atomic E-state index is 3.52. The minimum atomic E-state index is 0.645. The summed E-state index contributed by atoms with van der Waals surface area (Å²) in [6, 6.07) is 5.06. The lowest BCUT2D eigenvalue weighted by molar-refractivity contribution is 0.202. The monoisotopic (exact) mass is 280 g/mol. The standard InChI is InChI=1S/C16H28N2S/c1-14(2)18(13-16-8-5-11-19-16)10-4-7-15-6-3-9-17-12-15/h5,8,11,14-15,17H,3-4,6-7,9-10,12-13H2,1-2H3. The summed E-state index contributed by atoms with van der Waals surface area (Å²) in [5.74, 6) is 0.921. The van der Waals surface area contributed by atoms with Gasteiger partial charge in [0.15, 0.2) is 0 Å². The van der Waals surface area contributed by atoms with Crippen LogP contribution in [0.25, 0.3) is 0 Å². The molecule has 0 aromatic carbocycles. The van der Waals surface area contributed by atoms with Gasteiger partial charge in [0.2, 0.25) is 0 Å². The summed E-state index contributed by atoms with van der Waals surface area (Å²) in [4.78, 5) is 4.11. The van der Waals surface area contributed by atoms with Gasteiger partial charge in [-0.2, -0.15) is 0 Å². The topological polar surface area (TPSA) is 15.3 Å². The van der Waals surface area contributed by atoms with Gasteiger partial charge in [0.1, 0.15) is 0 Å². The molecule has 1 aromatic heterocycles. The van der Waals surface area contributed by atoms with Gasteiger partial charge in [-0.3, -0.25) is 4.90 Å². The van der Waals surface area contributed by atoms with Crippen LogP contribution in [0.5, 0.6) is 0 Å². The molecule has 2 rings (SSSR count). The third kappa shape index (κ3) is 5.25. The Morgan fingerprint density at radius 1 is 1.47 bits per heavy atom. The quantitative estimate of drug-likeness (QED) is 0.818. The fraction of sp³-hybridized carbons (Fsp3) is 0.750. The average Bonchev–Trinajstić information content (AvgIpc) is 2.91. The first-order chi connectivity index (χ1) is 9.25. The molecule has 1 N–H and O–H groups in total. The van der Waals surface area contributed by atoms with Gasteiger partial charge in [-0.1, -0.05) is 6.07 Å². The number of nitrogens with zero attached hydrogens (tertiary/aromatic N) is 1. The highest BCUT2D eigenvalue weighted by molar-refractivity contribution is 7.09. The van der Waals surface area contributed by atoms with Gasteiger partial charge in [-0.15, -0.1) is 11.3 Å². The Morgan fingerprint density at radius 2 is 2.37 bits per heavy atom. The SMILES string of the molecule is CC(C)N(CCCC1CCCNC1)Cc1cccs1. The molecule has 2 nitrogen and oxygen atoms in total. The smallest absolute Gasteiger partial charge is 0.0330 e. The van der Waals surface area contributed by atoms with Crippen LogP contribution in [-0.2, 0) is 6.54 Å². The summed E-state index contributed by atoms with van der Waals surface area (Å²) >= 11 is 1.88. The van der Waals surface area contributed by atoms with E-state index in [9.17, 15) is 0 Å². The number of thiophene rings is 1. The molecule has 0 radical (unpaired) electrons. The largest absolute Gasteiger partial charge is 0.316 e. The van der Waals surface area contributed by atoms with Crippen LogP contribution < -0.4 is 5.32 Å². The summed E-state index contributed by atoms with van der Waals surface area (Å²) in [6.45, 7) is 9.47. The van der Waals surface area contributed by atoms with Crippen molar-refractivity contribution in [3.05, 3.63) is 22.4 Å². The average molecular weight is 280 g/mol. The Kier molecular flexibility index (Phi) is 6.35. The van der Waals surface area contributed by atoms with Gasteiger partial charge in [0.05, 0.1) is 0 Å². The minimum absolute atomic E-state index is 0.645. The maximum atomic E-state index is 3.52. The lowest BCUT2D eigenvalue weighted by Crippen LogP contribution is -2.33. The van der Waals surface area contributed by atoms with Crippen LogP contribution in [0, 0.1) is 5.92 Å². The summed E-state index contributed by atoms with van der Waals surface area (Å²) in [5, 5.41) is 5.70. The fourth-order valence-corrected chi connectivity index (χ4v) is 3.61. The summed E-state index contributed by atoms with van der Waals surface area (Å²) < 4.78 is 0. The van der Waals surface area contributed by atoms with E-state index in [4.69, 9.17) is 0 Å². The van der Waals surface area contributed by atoms with Crippen LogP contribution in [0.3, 0.4) is 0 Å². The molecule has 1 atom stereocenters. The molecular formula is C16H28N2S. The second-order valence-corrected chi connectivity index (χ2v) is 7.03. The minimum Gasteiger partial charge on any atom is -0.316 e. The van der Waals surface area contributed by atoms with E-state index in [-0.39, 0.29) is 0 Å². The maximum Gasteiger partial charge on any atom is 0.0330 e. The van der Waals surface area contributed by atoms with Crippen molar-refractivity contribution in [2.45, 2.75) is 52.1 Å². The van der Waals surface area contributed by atoms with Crippen molar-refractivity contribution in [2.75, 3.05) is 19.6 Å². The van der Waals surface area contributed by atoms with E-state index in [1.54, 1.807) is 0 Å². The van der Waals surface area contributed by atoms with E-state index in [0.717, 1.165) is 12.5 Å². The zero-order chi connectivity index (χ0) is 13.5. The molecule has 1 aliphatic heterocycles. The molecule has 1 saturated heterocycles. The van der Waals surface area contributed by atoms with E-state index in [2.05, 4.69) is 41.6 Å². The normalized spacial score (nSPS) is 20.3. The van der Waals surface area contributed by atoms with Gasteiger partial charge >= 0.3 is 0 Å². The third-order valence-electron chi connectivity index (χ3n) is 4.13. The van der Waals surface area contributed by atoms with E-state index in [0.29, 0.717) is 6.04 Å². The molecule has 0 aliphatic carbocycles. The van der Waals surface area contributed by atoms with Crippen molar-refractivity contribution < 1.29 is 0 Å². The molecular weight excluding hydrogens is 252 g/mol. The Bertz CT molecular complexity index is 329. The Labute approximate surface area is 122 Å². The van der Waals surface area contributed by atoms with Gasteiger partial charge in [-0.25, -0.2) is 0 Å². The van der Waals surface area contributed by atoms with Crippen LogP contribution in [-0.4, -0.2) is 30.6 Å². The van der Waals surface area contributed by atoms with Crippen molar-refractivity contribution in [1.29, 1.82) is 0 Å². The molecule has 0 amide bonds. The predicted octanol–water partition coefficient (Wildman–Crippen LogP) is 3.74. The predicted molar refractivity (Wildman–Crippen MR) is 84.7 cm³/mol. The van der Waals surface area contributed by atoms with E-state index in [1.807, 2.05) is 11.3 Å². The number of hydrogen-bond acceptors (Lipinski definition) is 3. The highest BCUT2D eigenvalue weighted by atomic mass is 32.1. The molecule has 108 valence electrons. The van der Waals surface area contributed by atoms with Gasteiger partial charge in [0, 0.05) is 17.5 Å². The molecule has 1 unspecified atom stereocenters. The molecule has 0 saturated carbocycles. The first-order valence-corrected chi connectivity index (χ1v) is 8.61. The third-order valence-corrected chi connectivity index (χ3v) is 4.99. The van der Waals surface area contributed by atoms with Gasteiger partial charge in [-0.05, 0) is 76.5 Å². The molecule has 1 aliphatic rings. The molecule has 19 heavy (non-hydrogen) atoms. The zero-order valence-corrected chi connectivity index (χ0v) is 13.2. The first kappa shape index (κ1) is 15.0. The van der Waals surface area contributed by atoms with Crippen molar-refractivity contribution in [2.24, 2.45) is 5.92 Å². The van der Waals surface area contributed by atoms with E-state index < -0.39 is 0 Å². The summed E-state index contributed by atoms with van der Waals surface area (Å²) in [7, 11) is 0. The Morgan fingerprint density at radius 3 is 3.00 bits per heavy atom. The highest BCUT2D eigenvalue weighted by Gasteiger charge is 2.15. The lowest BCUT2D eigenvalue weighted by Gasteiger charge is -2.28. The molecule has 0 spiro atoms. The summed E-state index contributed by atoms with van der Waals surface area (Å²) in [5.41, 5.74) is 0. The van der Waals surface area contributed by atoms with Gasteiger partial charge in [0.25, 0.3) is 0 Å². The molecule has 2 heterocycles. The van der Waals surface area contributed by atoms with Crippen LogP contribution in [0.4, 0.5) is 0 Å². The van der Waals surface area contributed by atoms with Crippen molar-refractivity contribution in [3.8, 4) is 0 Å². The van der Waals surface area contributed by atoms with Crippen molar-refractivity contribution in [1.82, 2.24) is 10.2 Å². The molecule has 3 heteroatoms. The second kappa shape index (κ2) is 8.03. The van der Waals surface area contributed by atoms with Crippen molar-refractivity contribution in [3.63, 3.8) is 0 Å². The van der Waals surface area contributed by atoms with Gasteiger partial charge < -0.3 is 5.32 Å². The first-order valence-electron chi connectivity index (χ1n) is 7.73. The van der Waals surface area contributed by atoms with Crippen molar-refractivity contribution >= 4 is 11.3 Å². The summed E-state index contributed by atoms with van der Waals surface area (Å²) in [6.07, 6.45) is 5.53. The zero-order valence-electron chi connectivity index (χ0n) is 12.4. The van der Waals surface area contributed by atoms with Crippen LogP contribution in [0.15, 0.2) is 17.5 Å². The number of hydrogen-bond donors (Lipinski definition) is 1. The Hall–Kier alpha value is -0.380. The number of piperidine rings is 1. The lowest BCUT2D eigenvalue weighted by atomic mass is 9.94. The van der Waals surface area contributed by atoms with E-state index >= 15 is 0 Å². The number of rotatable bonds is 7. The molecule has 0 bridgehead atoms.